The summed E-state index contributed by atoms with van der Waals surface area (Å²) in [5.41, 5.74) is -0.662. The third-order valence-corrected chi connectivity index (χ3v) is 7.00. The van der Waals surface area contributed by atoms with E-state index in [0.717, 1.165) is 17.8 Å². The molecule has 10 nitrogen and oxygen atoms in total. The Balaban J connectivity index is 0.00000441. The number of nitro benzene ring substituents is 1. The Hall–Kier alpha value is -4.34. The quantitative estimate of drug-likeness (QED) is 0.232. The van der Waals surface area contributed by atoms with Crippen molar-refractivity contribution in [2.24, 2.45) is 0 Å². The Morgan fingerprint density at radius 1 is 0.975 bits per heavy atom. The Labute approximate surface area is 230 Å². The van der Waals surface area contributed by atoms with Crippen molar-refractivity contribution in [3.63, 3.8) is 0 Å². The summed E-state index contributed by atoms with van der Waals surface area (Å²) in [4.78, 5) is 44.2. The van der Waals surface area contributed by atoms with E-state index in [1.165, 1.54) is 6.07 Å². The second-order valence-electron chi connectivity index (χ2n) is 9.46. The molecule has 2 aromatic rings. The maximum absolute atomic E-state index is 13.3. The van der Waals surface area contributed by atoms with Crippen LogP contribution in [0.1, 0.15) is 32.3 Å². The highest BCUT2D eigenvalue weighted by Crippen LogP contribution is 2.38. The van der Waals surface area contributed by atoms with Gasteiger partial charge in [-0.3, -0.25) is 19.7 Å². The molecule has 13 heteroatoms. The van der Waals surface area contributed by atoms with E-state index in [1.54, 1.807) is 21.9 Å². The summed E-state index contributed by atoms with van der Waals surface area (Å²) in [5, 5.41) is 13.9. The van der Waals surface area contributed by atoms with Gasteiger partial charge in [0.05, 0.1) is 11.5 Å². The van der Waals surface area contributed by atoms with E-state index in [4.69, 9.17) is 6.57 Å². The summed E-state index contributed by atoms with van der Waals surface area (Å²) < 4.78 is 39.8. The van der Waals surface area contributed by atoms with E-state index in [1.807, 2.05) is 12.1 Å². The number of benzene rings is 2. The van der Waals surface area contributed by atoms with Crippen molar-refractivity contribution in [2.45, 2.75) is 38.9 Å². The Morgan fingerprint density at radius 2 is 1.55 bits per heavy atom. The van der Waals surface area contributed by atoms with E-state index >= 15 is 0 Å². The van der Waals surface area contributed by atoms with Crippen LogP contribution in [0.3, 0.4) is 0 Å². The molecule has 2 aromatic carbocycles. The standard InChI is InChI=1S/C26H27F3N6O4.CH4/c1-30-18-2-5-21(6-3-18)32-12-14-34(15-13-32)25(37)17-24(36)33-10-8-19(9-11-33)31-20-4-7-23(35(38)39)22(16-20)26(27,28)29;/h2-7,16,19,31H,8-15,17H2;1H4. The summed E-state index contributed by atoms with van der Waals surface area (Å²) >= 11 is 0. The Morgan fingerprint density at radius 3 is 2.08 bits per heavy atom. The molecule has 0 radical (unpaired) electrons. The molecule has 2 saturated heterocycles. The summed E-state index contributed by atoms with van der Waals surface area (Å²) in [6.07, 6.45) is -4.18. The number of nitro groups is 1. The molecule has 0 spiro atoms. The van der Waals surface area contributed by atoms with E-state index in [2.05, 4.69) is 15.1 Å². The van der Waals surface area contributed by atoms with Crippen LogP contribution in [0.4, 0.5) is 35.9 Å². The molecule has 0 aliphatic carbocycles. The lowest BCUT2D eigenvalue weighted by molar-refractivity contribution is -0.388. The van der Waals surface area contributed by atoms with Crippen molar-refractivity contribution < 1.29 is 27.7 Å². The number of hydrogen-bond acceptors (Lipinski definition) is 6. The minimum absolute atomic E-state index is 0. The van der Waals surface area contributed by atoms with Crippen molar-refractivity contribution in [3.8, 4) is 0 Å². The van der Waals surface area contributed by atoms with Gasteiger partial charge in [-0.05, 0) is 37.1 Å². The summed E-state index contributed by atoms with van der Waals surface area (Å²) in [6, 6.07) is 9.85. The smallest absolute Gasteiger partial charge is 0.382 e. The van der Waals surface area contributed by atoms with E-state index in [-0.39, 0.29) is 37.4 Å². The zero-order valence-electron chi connectivity index (χ0n) is 21.0. The second-order valence-corrected chi connectivity index (χ2v) is 9.46. The second kappa shape index (κ2) is 12.7. The number of alkyl halides is 3. The lowest BCUT2D eigenvalue weighted by atomic mass is 10.0. The number of halogens is 3. The highest BCUT2D eigenvalue weighted by atomic mass is 19.4. The van der Waals surface area contributed by atoms with Gasteiger partial charge in [-0.15, -0.1) is 0 Å². The van der Waals surface area contributed by atoms with Gasteiger partial charge in [0.1, 0.15) is 12.0 Å². The van der Waals surface area contributed by atoms with Gasteiger partial charge in [-0.2, -0.15) is 13.2 Å². The van der Waals surface area contributed by atoms with Gasteiger partial charge in [0.25, 0.3) is 5.69 Å². The molecule has 0 bridgehead atoms. The normalized spacial score (nSPS) is 16.1. The fraction of sp³-hybridized carbons (Fsp3) is 0.444. The first kappa shape index (κ1) is 30.2. The molecule has 0 atom stereocenters. The van der Waals surface area contributed by atoms with Crippen LogP contribution in [0.25, 0.3) is 4.85 Å². The SMILES string of the molecule is C.[C-]#[N+]c1ccc(N2CCN(C(=O)CC(=O)N3CCC(Nc4ccc([N+](=O)[O-])c(C(F)(F)F)c4)CC3)CC2)cc1. The Bertz CT molecular complexity index is 1260. The van der Waals surface area contributed by atoms with Gasteiger partial charge >= 0.3 is 6.18 Å². The Kier molecular flexibility index (Phi) is 9.57. The zero-order valence-corrected chi connectivity index (χ0v) is 21.0. The van der Waals surface area contributed by atoms with E-state index < -0.39 is 22.4 Å². The minimum Gasteiger partial charge on any atom is -0.382 e. The first-order valence-corrected chi connectivity index (χ1v) is 12.5. The van der Waals surface area contributed by atoms with Crippen LogP contribution in [0.5, 0.6) is 0 Å². The number of nitrogens with one attached hydrogen (secondary N) is 1. The summed E-state index contributed by atoms with van der Waals surface area (Å²) in [6.45, 7) is 9.93. The van der Waals surface area contributed by atoms with Gasteiger partial charge in [-0.1, -0.05) is 19.6 Å². The number of piperazine rings is 1. The molecular formula is C27H31F3N6O4. The predicted molar refractivity (Wildman–Crippen MR) is 144 cm³/mol. The van der Waals surface area contributed by atoms with Gasteiger partial charge in [-0.25, -0.2) is 4.85 Å². The largest absolute Gasteiger partial charge is 0.423 e. The average molecular weight is 561 g/mol. The fourth-order valence-corrected chi connectivity index (χ4v) is 4.83. The number of nitrogens with zero attached hydrogens (tertiary/aromatic N) is 5. The number of amides is 2. The third kappa shape index (κ3) is 7.19. The summed E-state index contributed by atoms with van der Waals surface area (Å²) in [5.74, 6) is -0.529. The lowest BCUT2D eigenvalue weighted by Gasteiger charge is -2.37. The first-order valence-electron chi connectivity index (χ1n) is 12.5. The topological polar surface area (TPSA) is 103 Å². The monoisotopic (exact) mass is 560 g/mol. The van der Waals surface area contributed by atoms with Crippen molar-refractivity contribution >= 4 is 34.6 Å². The van der Waals surface area contributed by atoms with Crippen molar-refractivity contribution in [2.75, 3.05) is 49.5 Å². The maximum Gasteiger partial charge on any atom is 0.423 e. The average Bonchev–Trinajstić information content (AvgIpc) is 2.93. The molecule has 0 unspecified atom stereocenters. The molecule has 40 heavy (non-hydrogen) atoms. The highest BCUT2D eigenvalue weighted by molar-refractivity contribution is 5.97. The highest BCUT2D eigenvalue weighted by Gasteiger charge is 2.38. The van der Waals surface area contributed by atoms with Crippen molar-refractivity contribution in [3.05, 3.63) is 69.6 Å². The molecule has 2 heterocycles. The van der Waals surface area contributed by atoms with Crippen molar-refractivity contribution in [1.82, 2.24) is 9.80 Å². The number of carbonyl (C=O) groups is 2. The van der Waals surface area contributed by atoms with Gasteiger partial charge in [0.15, 0.2) is 5.69 Å². The molecule has 2 fully saturated rings. The maximum atomic E-state index is 13.3. The minimum atomic E-state index is -4.86. The molecule has 214 valence electrons. The van der Waals surface area contributed by atoms with Gasteiger partial charge in [0.2, 0.25) is 11.8 Å². The molecule has 1 N–H and O–H groups in total. The van der Waals surface area contributed by atoms with Crippen LogP contribution < -0.4 is 10.2 Å². The first-order chi connectivity index (χ1) is 18.5. The molecule has 2 aliphatic heterocycles. The molecule has 4 rings (SSSR count). The predicted octanol–water partition coefficient (Wildman–Crippen LogP) is 4.94. The van der Waals surface area contributed by atoms with E-state index in [0.29, 0.717) is 57.8 Å². The third-order valence-electron chi connectivity index (χ3n) is 7.00. The molecule has 2 aliphatic rings. The number of likely N-dealkylation sites (tertiary alicyclic amines) is 1. The van der Waals surface area contributed by atoms with Crippen LogP contribution in [0.15, 0.2) is 42.5 Å². The van der Waals surface area contributed by atoms with Gasteiger partial charge < -0.3 is 20.0 Å². The molecule has 2 amide bonds. The lowest BCUT2D eigenvalue weighted by Crippen LogP contribution is -2.50. The fourth-order valence-electron chi connectivity index (χ4n) is 4.83. The number of anilines is 2. The number of hydrogen-bond donors (Lipinski definition) is 1. The van der Waals surface area contributed by atoms with Crippen LogP contribution in [0, 0.1) is 16.7 Å². The van der Waals surface area contributed by atoms with Crippen LogP contribution in [-0.2, 0) is 15.8 Å². The number of carbonyl (C=O) groups excluding carboxylic acids is 2. The van der Waals surface area contributed by atoms with Crippen LogP contribution >= 0.6 is 0 Å². The number of rotatable bonds is 6. The van der Waals surface area contributed by atoms with E-state index in [9.17, 15) is 32.9 Å². The molecular weight excluding hydrogens is 529 g/mol. The van der Waals surface area contributed by atoms with Crippen LogP contribution in [0.2, 0.25) is 0 Å². The molecule has 0 aromatic heterocycles. The van der Waals surface area contributed by atoms with Gasteiger partial charge in [0, 0.05) is 62.8 Å². The zero-order chi connectivity index (χ0) is 28.2. The summed E-state index contributed by atoms with van der Waals surface area (Å²) in [7, 11) is 0. The molecule has 0 saturated carbocycles. The van der Waals surface area contributed by atoms with Crippen molar-refractivity contribution in [1.29, 1.82) is 0 Å². The van der Waals surface area contributed by atoms with Crippen LogP contribution in [-0.4, -0.2) is 71.8 Å². The number of piperidine rings is 1.